The summed E-state index contributed by atoms with van der Waals surface area (Å²) in [5.41, 5.74) is 2.19. The Labute approximate surface area is 139 Å². The van der Waals surface area contributed by atoms with Crippen LogP contribution in [0.4, 0.5) is 0 Å². The molecule has 0 fully saturated rings. The Morgan fingerprint density at radius 1 is 1.33 bits per heavy atom. The number of pyridine rings is 1. The lowest BCUT2D eigenvalue weighted by Crippen LogP contribution is -2.22. The highest BCUT2D eigenvalue weighted by molar-refractivity contribution is 5.88. The summed E-state index contributed by atoms with van der Waals surface area (Å²) in [5, 5.41) is 13.6. The molecule has 6 nitrogen and oxygen atoms in total. The number of aromatic nitrogens is 3. The Hall–Kier alpha value is -3.07. The van der Waals surface area contributed by atoms with Gasteiger partial charge in [0, 0.05) is 24.2 Å². The largest absolute Gasteiger partial charge is 0.457 e. The molecule has 0 aliphatic rings. The van der Waals surface area contributed by atoms with Crippen molar-refractivity contribution in [1.82, 2.24) is 14.2 Å². The number of nitriles is 1. The van der Waals surface area contributed by atoms with Gasteiger partial charge in [-0.1, -0.05) is 6.07 Å². The van der Waals surface area contributed by atoms with Crippen LogP contribution in [-0.4, -0.2) is 20.2 Å². The fraction of sp³-hybridized carbons (Fsp3) is 0.278. The zero-order valence-electron chi connectivity index (χ0n) is 13.9. The van der Waals surface area contributed by atoms with Gasteiger partial charge in [-0.25, -0.2) is 4.79 Å². The standard InChI is InChI=1S/C18H18N4O2/c1-18(2,3)22-11-13(9-20-22)17(23)24-12-14-10-21-7-5-4-6-16(21)15(14)8-19/h4-7,9-11H,12H2,1-3H3. The van der Waals surface area contributed by atoms with E-state index in [1.54, 1.807) is 17.1 Å². The minimum absolute atomic E-state index is 0.0457. The summed E-state index contributed by atoms with van der Waals surface area (Å²) >= 11 is 0. The predicted octanol–water partition coefficient (Wildman–Crippen LogP) is 3.12. The highest BCUT2D eigenvalue weighted by Crippen LogP contribution is 2.19. The van der Waals surface area contributed by atoms with Gasteiger partial charge in [0.15, 0.2) is 0 Å². The van der Waals surface area contributed by atoms with Crippen molar-refractivity contribution in [2.45, 2.75) is 32.9 Å². The Kier molecular flexibility index (Phi) is 3.86. The van der Waals surface area contributed by atoms with E-state index in [0.29, 0.717) is 16.7 Å². The molecule has 3 rings (SSSR count). The molecular weight excluding hydrogens is 304 g/mol. The fourth-order valence-corrected chi connectivity index (χ4v) is 2.44. The number of hydrogen-bond donors (Lipinski definition) is 0. The van der Waals surface area contributed by atoms with Crippen molar-refractivity contribution in [2.24, 2.45) is 0 Å². The summed E-state index contributed by atoms with van der Waals surface area (Å²) in [6.45, 7) is 6.05. The maximum Gasteiger partial charge on any atom is 0.341 e. The Bertz CT molecular complexity index is 938. The number of fused-ring (bicyclic) bond motifs is 1. The average molecular weight is 322 g/mol. The quantitative estimate of drug-likeness (QED) is 0.695. The molecule has 3 aromatic rings. The molecule has 0 aromatic carbocycles. The van der Waals surface area contributed by atoms with Gasteiger partial charge in [0.1, 0.15) is 12.7 Å². The van der Waals surface area contributed by atoms with Crippen LogP contribution < -0.4 is 0 Å². The van der Waals surface area contributed by atoms with E-state index in [2.05, 4.69) is 11.2 Å². The molecular formula is C18H18N4O2. The molecule has 0 spiro atoms. The predicted molar refractivity (Wildman–Crippen MR) is 88.5 cm³/mol. The van der Waals surface area contributed by atoms with E-state index in [0.717, 1.165) is 5.52 Å². The zero-order valence-corrected chi connectivity index (χ0v) is 13.9. The maximum absolute atomic E-state index is 12.2. The molecule has 0 atom stereocenters. The molecule has 122 valence electrons. The number of hydrogen-bond acceptors (Lipinski definition) is 4. The van der Waals surface area contributed by atoms with E-state index < -0.39 is 5.97 Å². The SMILES string of the molecule is CC(C)(C)n1cc(C(=O)OCc2cn3ccccc3c2C#N)cn1. The highest BCUT2D eigenvalue weighted by atomic mass is 16.5. The highest BCUT2D eigenvalue weighted by Gasteiger charge is 2.18. The van der Waals surface area contributed by atoms with Crippen LogP contribution in [0.3, 0.4) is 0 Å². The van der Waals surface area contributed by atoms with Gasteiger partial charge in [0.05, 0.1) is 28.4 Å². The lowest BCUT2D eigenvalue weighted by Gasteiger charge is -2.18. The van der Waals surface area contributed by atoms with Crippen LogP contribution in [0.1, 0.15) is 42.3 Å². The second-order valence-electron chi connectivity index (χ2n) is 6.55. The van der Waals surface area contributed by atoms with Gasteiger partial charge >= 0.3 is 5.97 Å². The molecule has 0 unspecified atom stereocenters. The number of nitrogens with zero attached hydrogens (tertiary/aromatic N) is 4. The summed E-state index contributed by atoms with van der Waals surface area (Å²) in [6, 6.07) is 7.78. The van der Waals surface area contributed by atoms with Crippen molar-refractivity contribution in [1.29, 1.82) is 5.26 Å². The molecule has 0 aliphatic heterocycles. The van der Waals surface area contributed by atoms with Crippen molar-refractivity contribution >= 4 is 11.5 Å². The molecule has 0 saturated carbocycles. The van der Waals surface area contributed by atoms with Gasteiger partial charge in [-0.2, -0.15) is 10.4 Å². The number of rotatable bonds is 3. The molecule has 3 aromatic heterocycles. The van der Waals surface area contributed by atoms with Gasteiger partial charge in [-0.05, 0) is 32.9 Å². The first kappa shape index (κ1) is 15.8. The molecule has 0 N–H and O–H groups in total. The van der Waals surface area contributed by atoms with Crippen molar-refractivity contribution in [3.8, 4) is 6.07 Å². The van der Waals surface area contributed by atoms with Crippen molar-refractivity contribution < 1.29 is 9.53 Å². The summed E-state index contributed by atoms with van der Waals surface area (Å²) in [5.74, 6) is -0.454. The Morgan fingerprint density at radius 3 is 2.79 bits per heavy atom. The molecule has 0 aliphatic carbocycles. The summed E-state index contributed by atoms with van der Waals surface area (Å²) < 4.78 is 8.92. The van der Waals surface area contributed by atoms with Crippen molar-refractivity contribution in [2.75, 3.05) is 0 Å². The third-order valence-electron chi connectivity index (χ3n) is 3.74. The number of carbonyl (C=O) groups is 1. The van der Waals surface area contributed by atoms with Crippen LogP contribution in [0.2, 0.25) is 0 Å². The number of esters is 1. The van der Waals surface area contributed by atoms with E-state index >= 15 is 0 Å². The molecule has 3 heterocycles. The van der Waals surface area contributed by atoms with Gasteiger partial charge < -0.3 is 9.14 Å². The second-order valence-corrected chi connectivity index (χ2v) is 6.55. The van der Waals surface area contributed by atoms with E-state index in [9.17, 15) is 10.1 Å². The van der Waals surface area contributed by atoms with E-state index in [1.165, 1.54) is 6.20 Å². The van der Waals surface area contributed by atoms with Crippen molar-refractivity contribution in [3.05, 3.63) is 59.7 Å². The van der Waals surface area contributed by atoms with Crippen LogP contribution in [0.5, 0.6) is 0 Å². The molecule has 0 amide bonds. The van der Waals surface area contributed by atoms with Crippen LogP contribution in [0, 0.1) is 11.3 Å². The molecule has 24 heavy (non-hydrogen) atoms. The number of carbonyl (C=O) groups excluding carboxylic acids is 1. The summed E-state index contributed by atoms with van der Waals surface area (Å²) in [6.07, 6.45) is 6.83. The zero-order chi connectivity index (χ0) is 17.3. The Balaban J connectivity index is 1.77. The first-order chi connectivity index (χ1) is 11.4. The minimum atomic E-state index is -0.454. The van der Waals surface area contributed by atoms with E-state index in [-0.39, 0.29) is 12.1 Å². The average Bonchev–Trinajstić information content (AvgIpc) is 3.16. The van der Waals surface area contributed by atoms with E-state index in [4.69, 9.17) is 4.74 Å². The summed E-state index contributed by atoms with van der Waals surface area (Å²) in [4.78, 5) is 12.2. The minimum Gasteiger partial charge on any atom is -0.457 e. The molecule has 0 bridgehead atoms. The van der Waals surface area contributed by atoms with Crippen LogP contribution in [0.25, 0.3) is 5.52 Å². The lowest BCUT2D eigenvalue weighted by atomic mass is 10.1. The molecule has 0 radical (unpaired) electrons. The third-order valence-corrected chi connectivity index (χ3v) is 3.74. The summed E-state index contributed by atoms with van der Waals surface area (Å²) in [7, 11) is 0. The van der Waals surface area contributed by atoms with Crippen molar-refractivity contribution in [3.63, 3.8) is 0 Å². The van der Waals surface area contributed by atoms with Gasteiger partial charge in [0.25, 0.3) is 0 Å². The molecule has 6 heteroatoms. The normalized spacial score (nSPS) is 11.4. The smallest absolute Gasteiger partial charge is 0.341 e. The fourth-order valence-electron chi connectivity index (χ4n) is 2.44. The van der Waals surface area contributed by atoms with Gasteiger partial charge in [-0.15, -0.1) is 0 Å². The van der Waals surface area contributed by atoms with Gasteiger partial charge in [-0.3, -0.25) is 4.68 Å². The van der Waals surface area contributed by atoms with Gasteiger partial charge in [0.2, 0.25) is 0 Å². The lowest BCUT2D eigenvalue weighted by molar-refractivity contribution is 0.0472. The number of ether oxygens (including phenoxy) is 1. The maximum atomic E-state index is 12.2. The topological polar surface area (TPSA) is 72.3 Å². The van der Waals surface area contributed by atoms with E-state index in [1.807, 2.05) is 49.6 Å². The van der Waals surface area contributed by atoms with Crippen LogP contribution in [0.15, 0.2) is 43.0 Å². The van der Waals surface area contributed by atoms with Crippen LogP contribution in [-0.2, 0) is 16.9 Å². The second kappa shape index (κ2) is 5.85. The third kappa shape index (κ3) is 2.88. The molecule has 0 saturated heterocycles. The Morgan fingerprint density at radius 2 is 2.12 bits per heavy atom. The monoisotopic (exact) mass is 322 g/mol. The first-order valence-electron chi connectivity index (χ1n) is 7.61. The first-order valence-corrected chi connectivity index (χ1v) is 7.61. The van der Waals surface area contributed by atoms with Crippen LogP contribution >= 0.6 is 0 Å².